The van der Waals surface area contributed by atoms with E-state index in [0.717, 1.165) is 12.8 Å². The predicted octanol–water partition coefficient (Wildman–Crippen LogP) is 1.81. The lowest BCUT2D eigenvalue weighted by Crippen LogP contribution is -2.51. The minimum Gasteiger partial charge on any atom is -0.340 e. The third kappa shape index (κ3) is 7.93. The van der Waals surface area contributed by atoms with Crippen LogP contribution in [-0.2, 0) is 16.0 Å². The summed E-state index contributed by atoms with van der Waals surface area (Å²) in [5.74, 6) is 0.120. The van der Waals surface area contributed by atoms with Crippen molar-refractivity contribution in [2.75, 3.05) is 45.8 Å². The van der Waals surface area contributed by atoms with Gasteiger partial charge in [0.1, 0.15) is 0 Å². The zero-order chi connectivity index (χ0) is 20.9. The molecule has 1 aromatic carbocycles. The van der Waals surface area contributed by atoms with Gasteiger partial charge in [-0.3, -0.25) is 14.5 Å². The summed E-state index contributed by atoms with van der Waals surface area (Å²) in [6.07, 6.45) is 2.82. The molecule has 0 spiro atoms. The standard InChI is InChI=1S/C22H29N5O2/c23-11-5-13-26(14-6-12-24)22(29)19-25-15-17-27(18-16-25)21(28)10-4-9-20-7-2-1-3-8-20/h1-3,7-8H,4-6,9-10,13-19H2. The SMILES string of the molecule is N#CCCN(CCC#N)C(=O)CN1CCN(C(=O)CCCc2ccccc2)CC1. The van der Waals surface area contributed by atoms with Crippen LogP contribution in [0.25, 0.3) is 0 Å². The Hall–Kier alpha value is -2.90. The molecule has 0 saturated carbocycles. The highest BCUT2D eigenvalue weighted by Gasteiger charge is 2.23. The summed E-state index contributed by atoms with van der Waals surface area (Å²) in [5, 5.41) is 17.5. The van der Waals surface area contributed by atoms with E-state index >= 15 is 0 Å². The first-order valence-electron chi connectivity index (χ1n) is 10.2. The molecule has 0 bridgehead atoms. The molecule has 154 valence electrons. The summed E-state index contributed by atoms with van der Waals surface area (Å²) in [4.78, 5) is 30.5. The first kappa shape index (κ1) is 22.4. The number of benzene rings is 1. The first-order chi connectivity index (χ1) is 14.1. The third-order valence-electron chi connectivity index (χ3n) is 5.12. The molecule has 1 aromatic rings. The lowest BCUT2D eigenvalue weighted by Gasteiger charge is -2.35. The smallest absolute Gasteiger partial charge is 0.236 e. The van der Waals surface area contributed by atoms with Gasteiger partial charge in [-0.1, -0.05) is 30.3 Å². The molecule has 1 saturated heterocycles. The first-order valence-corrected chi connectivity index (χ1v) is 10.2. The van der Waals surface area contributed by atoms with Crippen LogP contribution in [0, 0.1) is 22.7 Å². The molecule has 0 radical (unpaired) electrons. The molecular weight excluding hydrogens is 366 g/mol. The lowest BCUT2D eigenvalue weighted by molar-refractivity contribution is -0.135. The number of rotatable bonds is 10. The van der Waals surface area contributed by atoms with Crippen molar-refractivity contribution in [1.29, 1.82) is 10.5 Å². The fraction of sp³-hybridized carbons (Fsp3) is 0.545. The quantitative estimate of drug-likeness (QED) is 0.602. The molecule has 7 nitrogen and oxygen atoms in total. The zero-order valence-electron chi connectivity index (χ0n) is 16.9. The Kier molecular flexibility index (Phi) is 9.68. The number of nitrogens with zero attached hydrogens (tertiary/aromatic N) is 5. The van der Waals surface area contributed by atoms with E-state index in [1.807, 2.05) is 40.1 Å². The van der Waals surface area contributed by atoms with E-state index in [1.165, 1.54) is 5.56 Å². The van der Waals surface area contributed by atoms with Crippen molar-refractivity contribution in [3.05, 3.63) is 35.9 Å². The summed E-state index contributed by atoms with van der Waals surface area (Å²) in [6, 6.07) is 14.3. The van der Waals surface area contributed by atoms with E-state index in [0.29, 0.717) is 45.7 Å². The Labute approximate surface area is 173 Å². The number of piperazine rings is 1. The summed E-state index contributed by atoms with van der Waals surface area (Å²) in [5.41, 5.74) is 1.25. The van der Waals surface area contributed by atoms with Crippen molar-refractivity contribution in [2.24, 2.45) is 0 Å². The van der Waals surface area contributed by atoms with Gasteiger partial charge in [0.2, 0.25) is 11.8 Å². The maximum Gasteiger partial charge on any atom is 0.236 e. The van der Waals surface area contributed by atoms with Gasteiger partial charge in [-0.25, -0.2) is 0 Å². The van der Waals surface area contributed by atoms with Crippen LogP contribution in [0.3, 0.4) is 0 Å². The highest BCUT2D eigenvalue weighted by molar-refractivity contribution is 5.78. The largest absolute Gasteiger partial charge is 0.340 e. The molecule has 0 aromatic heterocycles. The highest BCUT2D eigenvalue weighted by atomic mass is 16.2. The van der Waals surface area contributed by atoms with Crippen LogP contribution in [0.1, 0.15) is 31.2 Å². The average Bonchev–Trinajstić information content (AvgIpc) is 2.75. The summed E-state index contributed by atoms with van der Waals surface area (Å²) >= 11 is 0. The van der Waals surface area contributed by atoms with Gasteiger partial charge < -0.3 is 9.80 Å². The summed E-state index contributed by atoms with van der Waals surface area (Å²) in [7, 11) is 0. The number of carbonyl (C=O) groups excluding carboxylic acids is 2. The highest BCUT2D eigenvalue weighted by Crippen LogP contribution is 2.09. The predicted molar refractivity (Wildman–Crippen MR) is 109 cm³/mol. The van der Waals surface area contributed by atoms with Gasteiger partial charge in [-0.15, -0.1) is 0 Å². The van der Waals surface area contributed by atoms with Gasteiger partial charge in [0.05, 0.1) is 31.5 Å². The van der Waals surface area contributed by atoms with Gasteiger partial charge in [0.15, 0.2) is 0 Å². The molecule has 1 fully saturated rings. The number of aryl methyl sites for hydroxylation is 1. The number of hydrogen-bond donors (Lipinski definition) is 0. The van der Waals surface area contributed by atoms with Crippen LogP contribution in [0.4, 0.5) is 0 Å². The maximum atomic E-state index is 12.5. The monoisotopic (exact) mass is 395 g/mol. The number of hydrogen-bond acceptors (Lipinski definition) is 5. The Morgan fingerprint density at radius 1 is 0.966 bits per heavy atom. The minimum atomic E-state index is -0.0573. The van der Waals surface area contributed by atoms with Crippen molar-refractivity contribution in [2.45, 2.75) is 32.1 Å². The van der Waals surface area contributed by atoms with Gasteiger partial charge in [-0.2, -0.15) is 10.5 Å². The van der Waals surface area contributed by atoms with Gasteiger partial charge in [0.25, 0.3) is 0 Å². The van der Waals surface area contributed by atoms with E-state index in [2.05, 4.69) is 12.1 Å². The summed E-state index contributed by atoms with van der Waals surface area (Å²) in [6.45, 7) is 3.59. The molecule has 29 heavy (non-hydrogen) atoms. The third-order valence-corrected chi connectivity index (χ3v) is 5.12. The zero-order valence-corrected chi connectivity index (χ0v) is 16.9. The van der Waals surface area contributed by atoms with Crippen LogP contribution >= 0.6 is 0 Å². The average molecular weight is 396 g/mol. The summed E-state index contributed by atoms with van der Waals surface area (Å²) < 4.78 is 0. The molecule has 2 rings (SSSR count). The molecular formula is C22H29N5O2. The second-order valence-electron chi connectivity index (χ2n) is 7.19. The van der Waals surface area contributed by atoms with Crippen LogP contribution in [0.2, 0.25) is 0 Å². The molecule has 7 heteroatoms. The van der Waals surface area contributed by atoms with Crippen LogP contribution in [0.5, 0.6) is 0 Å². The molecule has 0 N–H and O–H groups in total. The Balaban J connectivity index is 1.70. The van der Waals surface area contributed by atoms with Gasteiger partial charge >= 0.3 is 0 Å². The molecule has 0 unspecified atom stereocenters. The molecule has 2 amide bonds. The fourth-order valence-corrected chi connectivity index (χ4v) is 3.42. The van der Waals surface area contributed by atoms with Gasteiger partial charge in [-0.05, 0) is 18.4 Å². The molecule has 0 atom stereocenters. The maximum absolute atomic E-state index is 12.5. The van der Waals surface area contributed by atoms with Crippen molar-refractivity contribution >= 4 is 11.8 Å². The van der Waals surface area contributed by atoms with Crippen LogP contribution in [-0.4, -0.2) is 72.3 Å². The second-order valence-corrected chi connectivity index (χ2v) is 7.19. The van der Waals surface area contributed by atoms with E-state index < -0.39 is 0 Å². The molecule has 1 aliphatic rings. The minimum absolute atomic E-state index is 0.0573. The van der Waals surface area contributed by atoms with Crippen molar-refractivity contribution in [1.82, 2.24) is 14.7 Å². The molecule has 0 aliphatic carbocycles. The fourth-order valence-electron chi connectivity index (χ4n) is 3.42. The number of amides is 2. The van der Waals surface area contributed by atoms with E-state index in [9.17, 15) is 9.59 Å². The number of carbonyl (C=O) groups is 2. The Morgan fingerprint density at radius 2 is 1.59 bits per heavy atom. The lowest BCUT2D eigenvalue weighted by atomic mass is 10.1. The number of nitriles is 2. The Bertz CT molecular complexity index is 712. The van der Waals surface area contributed by atoms with E-state index in [1.54, 1.807) is 4.90 Å². The van der Waals surface area contributed by atoms with Crippen molar-refractivity contribution < 1.29 is 9.59 Å². The second kappa shape index (κ2) is 12.5. The normalized spacial score (nSPS) is 14.1. The molecule has 1 aliphatic heterocycles. The van der Waals surface area contributed by atoms with Gasteiger partial charge in [0, 0.05) is 45.7 Å². The van der Waals surface area contributed by atoms with E-state index in [-0.39, 0.29) is 31.2 Å². The van der Waals surface area contributed by atoms with Crippen LogP contribution < -0.4 is 0 Å². The van der Waals surface area contributed by atoms with Crippen molar-refractivity contribution in [3.63, 3.8) is 0 Å². The van der Waals surface area contributed by atoms with E-state index in [4.69, 9.17) is 10.5 Å². The van der Waals surface area contributed by atoms with Crippen molar-refractivity contribution in [3.8, 4) is 12.1 Å². The molecule has 1 heterocycles. The Morgan fingerprint density at radius 3 is 2.17 bits per heavy atom. The topological polar surface area (TPSA) is 91.4 Å². The van der Waals surface area contributed by atoms with Crippen LogP contribution in [0.15, 0.2) is 30.3 Å².